The van der Waals surface area contributed by atoms with Crippen LogP contribution in [0.15, 0.2) is 12.3 Å². The molecule has 0 saturated carbocycles. The van der Waals surface area contributed by atoms with Gasteiger partial charge in [-0.1, -0.05) is 0 Å². The molecule has 0 aliphatic carbocycles. The molecule has 0 aliphatic heterocycles. The van der Waals surface area contributed by atoms with Crippen molar-refractivity contribution in [2.75, 3.05) is 6.61 Å². The Kier molecular flexibility index (Phi) is 4.44. The van der Waals surface area contributed by atoms with Gasteiger partial charge in [-0.05, 0) is 6.92 Å². The van der Waals surface area contributed by atoms with E-state index in [2.05, 4.69) is 9.53 Å². The van der Waals surface area contributed by atoms with Crippen LogP contribution in [-0.4, -0.2) is 28.2 Å². The van der Waals surface area contributed by atoms with E-state index < -0.39 is 5.97 Å². The van der Waals surface area contributed by atoms with Crippen LogP contribution in [0.1, 0.15) is 6.92 Å². The lowest BCUT2D eigenvalue weighted by molar-refractivity contribution is -0.139. The van der Waals surface area contributed by atoms with E-state index in [1.54, 1.807) is 6.92 Å². The highest BCUT2D eigenvalue weighted by atomic mass is 16.5. The first-order valence-corrected chi connectivity index (χ1v) is 2.96. The number of nitrogens with zero attached hydrogens (tertiary/aromatic N) is 2. The fraction of sp³-hybridized carbons (Fsp3) is 0.333. The highest BCUT2D eigenvalue weighted by Gasteiger charge is 2.17. The molecule has 5 heteroatoms. The molecule has 1 N–H and O–H groups in total. The molecule has 11 heavy (non-hydrogen) atoms. The first-order valence-electron chi connectivity index (χ1n) is 2.96. The van der Waals surface area contributed by atoms with E-state index in [1.807, 2.05) is 0 Å². The first-order chi connectivity index (χ1) is 5.26. The highest BCUT2D eigenvalue weighted by Crippen LogP contribution is 1.82. The molecule has 0 aromatic rings. The summed E-state index contributed by atoms with van der Waals surface area (Å²) in [7, 11) is 0. The van der Waals surface area contributed by atoms with Gasteiger partial charge < -0.3 is 15.4 Å². The number of carbonyl (C=O) groups is 1. The molecular formula is C6H8N2O3. The van der Waals surface area contributed by atoms with Crippen LogP contribution in [0.4, 0.5) is 0 Å². The predicted molar refractivity (Wildman–Crippen MR) is 37.0 cm³/mol. The van der Waals surface area contributed by atoms with E-state index >= 15 is 0 Å². The zero-order valence-electron chi connectivity index (χ0n) is 6.02. The Morgan fingerprint density at radius 1 is 1.82 bits per heavy atom. The standard InChI is InChI=1S/C6H8N2O3/c1-2-11-6(10)5(8-7)3-4-9/h3-4,9H,2H2,1H3. The zero-order chi connectivity index (χ0) is 8.69. The van der Waals surface area contributed by atoms with Crippen molar-refractivity contribution in [3.05, 3.63) is 17.9 Å². The van der Waals surface area contributed by atoms with Crippen molar-refractivity contribution in [3.63, 3.8) is 0 Å². The minimum atomic E-state index is -0.777. The monoisotopic (exact) mass is 156 g/mol. The number of ether oxygens (including phenoxy) is 1. The average Bonchev–Trinajstić information content (AvgIpc) is 2.00. The quantitative estimate of drug-likeness (QED) is 0.209. The summed E-state index contributed by atoms with van der Waals surface area (Å²) >= 11 is 0. The van der Waals surface area contributed by atoms with Gasteiger partial charge in [0.15, 0.2) is 0 Å². The molecule has 60 valence electrons. The van der Waals surface area contributed by atoms with Gasteiger partial charge in [-0.25, -0.2) is 4.79 Å². The second kappa shape index (κ2) is 5.20. The van der Waals surface area contributed by atoms with E-state index in [0.717, 1.165) is 6.08 Å². The Hall–Kier alpha value is -1.61. The Morgan fingerprint density at radius 2 is 2.45 bits per heavy atom. The molecule has 0 heterocycles. The van der Waals surface area contributed by atoms with Gasteiger partial charge in [0.05, 0.1) is 18.9 Å². The number of hydrogen-bond donors (Lipinski definition) is 1. The normalized spacial score (nSPS) is 9.18. The van der Waals surface area contributed by atoms with Crippen LogP contribution in [0.25, 0.3) is 5.53 Å². The number of aliphatic hydroxyl groups excluding tert-OH is 1. The average molecular weight is 156 g/mol. The zero-order valence-corrected chi connectivity index (χ0v) is 6.02. The number of esters is 1. The summed E-state index contributed by atoms with van der Waals surface area (Å²) < 4.78 is 4.46. The van der Waals surface area contributed by atoms with Crippen molar-refractivity contribution in [1.82, 2.24) is 0 Å². The van der Waals surface area contributed by atoms with Gasteiger partial charge >= 0.3 is 11.7 Å². The van der Waals surface area contributed by atoms with E-state index in [4.69, 9.17) is 10.6 Å². The van der Waals surface area contributed by atoms with E-state index in [0.29, 0.717) is 6.26 Å². The number of carbonyl (C=O) groups excluding carboxylic acids is 1. The lowest BCUT2D eigenvalue weighted by Crippen LogP contribution is -2.16. The van der Waals surface area contributed by atoms with Crippen LogP contribution in [-0.2, 0) is 9.53 Å². The molecule has 0 unspecified atom stereocenters. The maximum Gasteiger partial charge on any atom is 0.421 e. The Balaban J connectivity index is 4.29. The van der Waals surface area contributed by atoms with Crippen LogP contribution < -0.4 is 0 Å². The van der Waals surface area contributed by atoms with Crippen molar-refractivity contribution in [3.8, 4) is 0 Å². The minimum Gasteiger partial charge on any atom is -0.515 e. The third kappa shape index (κ3) is 3.17. The Bertz CT molecular complexity index is 216. The predicted octanol–water partition coefficient (Wildman–Crippen LogP) is 0.292. The SMILES string of the molecule is CCOC(=O)C(C=CO)=[N+]=[N-]. The molecule has 0 amide bonds. The van der Waals surface area contributed by atoms with Gasteiger partial charge in [0.2, 0.25) is 0 Å². The smallest absolute Gasteiger partial charge is 0.421 e. The summed E-state index contributed by atoms with van der Waals surface area (Å²) in [5.74, 6) is -0.777. The molecule has 0 bridgehead atoms. The van der Waals surface area contributed by atoms with E-state index in [1.165, 1.54) is 0 Å². The molecule has 0 radical (unpaired) electrons. The van der Waals surface area contributed by atoms with Crippen LogP contribution >= 0.6 is 0 Å². The third-order valence-electron chi connectivity index (χ3n) is 0.825. The Morgan fingerprint density at radius 3 is 2.82 bits per heavy atom. The molecule has 0 rings (SSSR count). The van der Waals surface area contributed by atoms with Crippen LogP contribution in [0.5, 0.6) is 0 Å². The first kappa shape index (κ1) is 9.39. The molecule has 5 nitrogen and oxygen atoms in total. The maximum atomic E-state index is 10.7. The van der Waals surface area contributed by atoms with Gasteiger partial charge in [-0.2, -0.15) is 4.79 Å². The minimum absolute atomic E-state index is 0.192. The number of hydrogen-bond acceptors (Lipinski definition) is 3. The van der Waals surface area contributed by atoms with Gasteiger partial charge in [0, 0.05) is 0 Å². The fourth-order valence-electron chi connectivity index (χ4n) is 0.418. The van der Waals surface area contributed by atoms with Crippen molar-refractivity contribution < 1.29 is 19.4 Å². The second-order valence-corrected chi connectivity index (χ2v) is 1.52. The largest absolute Gasteiger partial charge is 0.515 e. The summed E-state index contributed by atoms with van der Waals surface area (Å²) in [6.45, 7) is 1.81. The molecule has 0 fully saturated rings. The fourth-order valence-corrected chi connectivity index (χ4v) is 0.418. The van der Waals surface area contributed by atoms with E-state index in [9.17, 15) is 4.79 Å². The molecule has 0 saturated heterocycles. The summed E-state index contributed by atoms with van der Waals surface area (Å²) in [5.41, 5.74) is 7.84. The summed E-state index contributed by atoms with van der Waals surface area (Å²) in [6.07, 6.45) is 1.52. The second-order valence-electron chi connectivity index (χ2n) is 1.52. The van der Waals surface area contributed by atoms with Crippen molar-refractivity contribution in [2.24, 2.45) is 0 Å². The topological polar surface area (TPSA) is 82.9 Å². The molecular weight excluding hydrogens is 148 g/mol. The number of rotatable bonds is 3. The molecule has 0 spiro atoms. The van der Waals surface area contributed by atoms with E-state index in [-0.39, 0.29) is 12.3 Å². The van der Waals surface area contributed by atoms with Gasteiger partial charge in [0.1, 0.15) is 0 Å². The highest BCUT2D eigenvalue weighted by molar-refractivity contribution is 6.38. The molecule has 0 atom stereocenters. The lowest BCUT2D eigenvalue weighted by Gasteiger charge is -1.91. The van der Waals surface area contributed by atoms with Crippen LogP contribution in [0.2, 0.25) is 0 Å². The van der Waals surface area contributed by atoms with Crippen LogP contribution in [0.3, 0.4) is 0 Å². The van der Waals surface area contributed by atoms with Crippen molar-refractivity contribution >= 4 is 11.7 Å². The molecule has 0 aromatic carbocycles. The lowest BCUT2D eigenvalue weighted by atomic mass is 10.4. The number of aliphatic hydroxyl groups is 1. The van der Waals surface area contributed by atoms with Crippen molar-refractivity contribution in [2.45, 2.75) is 6.92 Å². The van der Waals surface area contributed by atoms with Gasteiger partial charge in [-0.3, -0.25) is 0 Å². The Labute approximate surface area is 63.5 Å². The van der Waals surface area contributed by atoms with Gasteiger partial charge in [-0.15, -0.1) is 0 Å². The van der Waals surface area contributed by atoms with Crippen LogP contribution in [0, 0.1) is 0 Å². The summed E-state index contributed by atoms with van der Waals surface area (Å²) in [5, 5.41) is 8.20. The molecule has 0 aromatic heterocycles. The summed E-state index contributed by atoms with van der Waals surface area (Å²) in [4.78, 5) is 13.3. The maximum absolute atomic E-state index is 10.7. The van der Waals surface area contributed by atoms with Gasteiger partial charge in [0.25, 0.3) is 0 Å². The molecule has 0 aliphatic rings. The van der Waals surface area contributed by atoms with Crippen molar-refractivity contribution in [1.29, 1.82) is 0 Å². The summed E-state index contributed by atoms with van der Waals surface area (Å²) in [6, 6.07) is 0. The third-order valence-corrected chi connectivity index (χ3v) is 0.825.